The molecule has 7 heteroatoms. The van der Waals surface area contributed by atoms with Crippen LogP contribution in [0.1, 0.15) is 56.1 Å². The number of hydrogen-bond acceptors (Lipinski definition) is 5. The van der Waals surface area contributed by atoms with E-state index in [0.717, 1.165) is 49.7 Å². The first-order valence-electron chi connectivity index (χ1n) is 11.2. The topological polar surface area (TPSA) is 82.4 Å². The van der Waals surface area contributed by atoms with Gasteiger partial charge in [0.25, 0.3) is 0 Å². The highest BCUT2D eigenvalue weighted by molar-refractivity contribution is 5.80. The van der Waals surface area contributed by atoms with Gasteiger partial charge >= 0.3 is 5.97 Å². The molecule has 3 aliphatic carbocycles. The van der Waals surface area contributed by atoms with Gasteiger partial charge in [-0.05, 0) is 56.6 Å². The zero-order chi connectivity index (χ0) is 22.1. The third kappa shape index (κ3) is 4.31. The van der Waals surface area contributed by atoms with Crippen LogP contribution in [0, 0.1) is 23.7 Å². The van der Waals surface area contributed by atoms with Gasteiger partial charge in [0.1, 0.15) is 18.8 Å². The number of fused-ring (bicyclic) bond motifs is 3. The molecule has 0 spiro atoms. The molecule has 0 unspecified atom stereocenters. The minimum atomic E-state index is -1.12. The molecule has 1 N–H and O–H groups in total. The molecule has 1 aromatic rings. The number of likely N-dealkylation sites (tertiary alicyclic amines) is 1. The zero-order valence-corrected chi connectivity index (χ0v) is 18.0. The summed E-state index contributed by atoms with van der Waals surface area (Å²) < 4.78 is 19.3. The number of rotatable bonds is 6. The van der Waals surface area contributed by atoms with Gasteiger partial charge in [0.2, 0.25) is 5.91 Å². The van der Waals surface area contributed by atoms with E-state index in [4.69, 9.17) is 10.00 Å². The van der Waals surface area contributed by atoms with Crippen LogP contribution in [-0.4, -0.2) is 47.6 Å². The first-order chi connectivity index (χ1) is 14.9. The second-order valence-corrected chi connectivity index (χ2v) is 9.44. The van der Waals surface area contributed by atoms with Crippen LogP contribution < -0.4 is 5.32 Å². The van der Waals surface area contributed by atoms with Crippen molar-refractivity contribution in [3.8, 4) is 6.07 Å². The highest BCUT2D eigenvalue weighted by atomic mass is 19.1. The molecule has 6 nitrogen and oxygen atoms in total. The number of nitrogens with zero attached hydrogens (tertiary/aromatic N) is 2. The normalized spacial score (nSPS) is 32.0. The fraction of sp³-hybridized carbons (Fsp3) is 0.625. The number of nitriles is 1. The van der Waals surface area contributed by atoms with E-state index in [1.54, 1.807) is 0 Å². The highest BCUT2D eigenvalue weighted by Gasteiger charge is 2.53. The van der Waals surface area contributed by atoms with E-state index in [9.17, 15) is 14.0 Å². The van der Waals surface area contributed by atoms with E-state index >= 15 is 0 Å². The fourth-order valence-corrected chi connectivity index (χ4v) is 5.37. The lowest BCUT2D eigenvalue weighted by Crippen LogP contribution is -2.58. The van der Waals surface area contributed by atoms with Gasteiger partial charge in [-0.1, -0.05) is 24.3 Å². The van der Waals surface area contributed by atoms with Crippen LogP contribution in [0.4, 0.5) is 4.39 Å². The number of carbonyl (C=O) groups is 2. The molecule has 3 saturated carbocycles. The Hall–Kier alpha value is -2.46. The molecule has 1 amide bonds. The average Bonchev–Trinajstić information content (AvgIpc) is 3.19. The number of nitrogens with one attached hydrogen (secondary N) is 1. The van der Waals surface area contributed by atoms with Gasteiger partial charge in [0.15, 0.2) is 0 Å². The van der Waals surface area contributed by atoms with Gasteiger partial charge in [0.05, 0.1) is 24.6 Å². The Morgan fingerprint density at radius 2 is 1.90 bits per heavy atom. The molecule has 0 aromatic heterocycles. The van der Waals surface area contributed by atoms with Crippen molar-refractivity contribution in [1.29, 1.82) is 5.26 Å². The Labute approximate surface area is 182 Å². The molecule has 4 aliphatic rings. The van der Waals surface area contributed by atoms with Gasteiger partial charge in [-0.25, -0.2) is 4.39 Å². The number of benzene rings is 1. The summed E-state index contributed by atoms with van der Waals surface area (Å²) in [6, 6.07) is 9.27. The Balaban J connectivity index is 1.29. The average molecular weight is 428 g/mol. The Bertz CT molecular complexity index is 872. The molecule has 5 rings (SSSR count). The Morgan fingerprint density at radius 1 is 1.23 bits per heavy atom. The van der Waals surface area contributed by atoms with Crippen LogP contribution in [0.15, 0.2) is 24.3 Å². The molecule has 4 fully saturated rings. The molecule has 31 heavy (non-hydrogen) atoms. The maximum Gasteiger partial charge on any atom is 0.312 e. The molecule has 166 valence electrons. The Kier molecular flexibility index (Phi) is 6.02. The van der Waals surface area contributed by atoms with Crippen molar-refractivity contribution in [1.82, 2.24) is 10.2 Å². The van der Waals surface area contributed by atoms with Gasteiger partial charge in [0, 0.05) is 12.0 Å². The summed E-state index contributed by atoms with van der Waals surface area (Å²) in [6.07, 6.45) is 3.66. The Morgan fingerprint density at radius 3 is 2.55 bits per heavy atom. The largest absolute Gasteiger partial charge is 0.460 e. The van der Waals surface area contributed by atoms with E-state index in [1.165, 1.54) is 4.90 Å². The summed E-state index contributed by atoms with van der Waals surface area (Å²) >= 11 is 0. The summed E-state index contributed by atoms with van der Waals surface area (Å²) in [5.41, 5.74) is 1.56. The second kappa shape index (κ2) is 8.58. The molecule has 1 aliphatic heterocycles. The van der Waals surface area contributed by atoms with Crippen molar-refractivity contribution in [2.75, 3.05) is 13.1 Å². The van der Waals surface area contributed by atoms with Crippen LogP contribution in [0.3, 0.4) is 0 Å². The summed E-state index contributed by atoms with van der Waals surface area (Å²) in [7, 11) is 0. The predicted molar refractivity (Wildman–Crippen MR) is 112 cm³/mol. The van der Waals surface area contributed by atoms with Crippen LogP contribution in [-0.2, 0) is 20.9 Å². The van der Waals surface area contributed by atoms with Gasteiger partial charge in [-0.3, -0.25) is 9.59 Å². The van der Waals surface area contributed by atoms with E-state index < -0.39 is 17.6 Å². The first kappa shape index (κ1) is 21.8. The van der Waals surface area contributed by atoms with Crippen LogP contribution in [0.25, 0.3) is 0 Å². The molecule has 0 radical (unpaired) electrons. The third-order valence-electron chi connectivity index (χ3n) is 7.63. The van der Waals surface area contributed by atoms with E-state index in [-0.39, 0.29) is 36.9 Å². The lowest BCUT2D eigenvalue weighted by Gasteiger charge is -2.52. The molecule has 1 saturated heterocycles. The maximum absolute atomic E-state index is 13.6. The summed E-state index contributed by atoms with van der Waals surface area (Å²) in [5.74, 6) is -0.329. The monoisotopic (exact) mass is 427 g/mol. The smallest absolute Gasteiger partial charge is 0.312 e. The maximum atomic E-state index is 13.6. The number of ether oxygens (including phenoxy) is 1. The summed E-state index contributed by atoms with van der Waals surface area (Å²) in [5, 5.41) is 12.6. The van der Waals surface area contributed by atoms with Crippen molar-refractivity contribution >= 4 is 11.9 Å². The second-order valence-electron chi connectivity index (χ2n) is 9.44. The van der Waals surface area contributed by atoms with Crippen LogP contribution in [0.2, 0.25) is 0 Å². The van der Waals surface area contributed by atoms with E-state index in [0.29, 0.717) is 6.61 Å². The van der Waals surface area contributed by atoms with Crippen molar-refractivity contribution in [3.05, 3.63) is 35.4 Å². The molecule has 1 heterocycles. The fourth-order valence-electron chi connectivity index (χ4n) is 5.37. The van der Waals surface area contributed by atoms with E-state index in [1.807, 2.05) is 37.3 Å². The number of amides is 1. The number of halogens is 1. The number of carbonyl (C=O) groups excluding carboxylic acids is 2. The van der Waals surface area contributed by atoms with Crippen molar-refractivity contribution in [2.45, 2.75) is 76.2 Å². The van der Waals surface area contributed by atoms with Crippen LogP contribution in [0.5, 0.6) is 0 Å². The highest BCUT2D eigenvalue weighted by Crippen LogP contribution is 2.53. The number of aryl methyl sites for hydroxylation is 1. The number of esters is 1. The van der Waals surface area contributed by atoms with Gasteiger partial charge in [-0.2, -0.15) is 5.26 Å². The lowest BCUT2D eigenvalue weighted by atomic mass is 9.57. The quantitative estimate of drug-likeness (QED) is 0.705. The standard InChI is InChI=1S/C24H30FN3O3/c1-17-4-2-3-5-18(17)16-31-22(30)23-6-9-24(10-7-23,11-8-23)27-14-21(29)28-15-19(25)12-20(28)13-26/h2-5,19-20,27H,6-12,14-16H2,1H3/t19-,20-,23?,24?/m0/s1. The van der Waals surface area contributed by atoms with E-state index in [2.05, 4.69) is 5.32 Å². The van der Waals surface area contributed by atoms with Crippen molar-refractivity contribution < 1.29 is 18.7 Å². The minimum absolute atomic E-state index is 0.00157. The first-order valence-corrected chi connectivity index (χ1v) is 11.2. The minimum Gasteiger partial charge on any atom is -0.460 e. The molecular weight excluding hydrogens is 397 g/mol. The van der Waals surface area contributed by atoms with Gasteiger partial charge in [-0.15, -0.1) is 0 Å². The SMILES string of the molecule is Cc1ccccc1COC(=O)C12CCC(NCC(=O)N3C[C@@H](F)C[C@H]3C#N)(CC1)CC2. The molecular formula is C24H30FN3O3. The predicted octanol–water partition coefficient (Wildman–Crippen LogP) is 3.18. The van der Waals surface area contributed by atoms with Crippen LogP contribution >= 0.6 is 0 Å². The lowest BCUT2D eigenvalue weighted by molar-refractivity contribution is -0.165. The molecule has 1 aromatic carbocycles. The molecule has 2 atom stereocenters. The van der Waals surface area contributed by atoms with Crippen molar-refractivity contribution in [3.63, 3.8) is 0 Å². The number of alkyl halides is 1. The zero-order valence-electron chi connectivity index (χ0n) is 18.0. The van der Waals surface area contributed by atoms with Gasteiger partial charge < -0.3 is 15.0 Å². The summed E-state index contributed by atoms with van der Waals surface area (Å²) in [6.45, 7) is 2.42. The molecule has 2 bridgehead atoms. The number of hydrogen-bond donors (Lipinski definition) is 1. The third-order valence-corrected chi connectivity index (χ3v) is 7.63. The summed E-state index contributed by atoms with van der Waals surface area (Å²) in [4.78, 5) is 26.9. The van der Waals surface area contributed by atoms with Crippen molar-refractivity contribution in [2.24, 2.45) is 5.41 Å².